The van der Waals surface area contributed by atoms with Gasteiger partial charge in [0.2, 0.25) is 0 Å². The number of amides is 1. The second-order valence-corrected chi connectivity index (χ2v) is 8.85. The van der Waals surface area contributed by atoms with Crippen molar-refractivity contribution < 1.29 is 13.9 Å². The van der Waals surface area contributed by atoms with Gasteiger partial charge in [0.1, 0.15) is 11.9 Å². The number of halogens is 1. The second-order valence-electron chi connectivity index (χ2n) is 8.85. The van der Waals surface area contributed by atoms with Crippen molar-refractivity contribution in [2.45, 2.75) is 45.3 Å². The summed E-state index contributed by atoms with van der Waals surface area (Å²) >= 11 is 0. The number of anilines is 1. The Hall–Kier alpha value is -4.08. The Balaban J connectivity index is 1.35. The minimum absolute atomic E-state index is 0.0635. The Labute approximate surface area is 194 Å². The van der Waals surface area contributed by atoms with Gasteiger partial charge >= 0.3 is 0 Å². The normalized spacial score (nSPS) is 16.9. The SMILES string of the molecule is Cc1cc(F)c(C(=O)Nc2cccc3c2O[C@H](C)Cn2nnnc2-3)cc1-n1cnc(C2CC2)c1. The van der Waals surface area contributed by atoms with E-state index in [2.05, 4.69) is 25.8 Å². The fraction of sp³-hybridized carbons (Fsp3) is 0.292. The molecule has 2 aromatic heterocycles. The number of nitrogens with one attached hydrogen (secondary N) is 1. The van der Waals surface area contributed by atoms with E-state index >= 15 is 0 Å². The van der Waals surface area contributed by atoms with Crippen LogP contribution in [0.15, 0.2) is 42.9 Å². The lowest BCUT2D eigenvalue weighted by atomic mass is 10.1. The van der Waals surface area contributed by atoms with Gasteiger partial charge in [-0.2, -0.15) is 0 Å². The predicted molar refractivity (Wildman–Crippen MR) is 122 cm³/mol. The first kappa shape index (κ1) is 20.5. The summed E-state index contributed by atoms with van der Waals surface area (Å²) in [5.74, 6) is 0.331. The Morgan fingerprint density at radius 2 is 2.12 bits per heavy atom. The molecule has 2 aromatic carbocycles. The summed E-state index contributed by atoms with van der Waals surface area (Å²) in [4.78, 5) is 17.7. The van der Waals surface area contributed by atoms with Crippen LogP contribution in [-0.2, 0) is 6.54 Å². The van der Waals surface area contributed by atoms with E-state index in [9.17, 15) is 9.18 Å². The van der Waals surface area contributed by atoms with Crippen LogP contribution >= 0.6 is 0 Å². The minimum atomic E-state index is -0.596. The molecule has 9 nitrogen and oxygen atoms in total. The van der Waals surface area contributed by atoms with Gasteiger partial charge in [0.25, 0.3) is 5.91 Å². The summed E-state index contributed by atoms with van der Waals surface area (Å²) in [6.45, 7) is 4.17. The molecule has 1 saturated carbocycles. The molecular weight excluding hydrogens is 437 g/mol. The standard InChI is InChI=1S/C24H22FN7O2/c1-13-8-18(25)17(9-21(13)31-11-20(26-12-31)15-6-7-15)24(33)27-19-5-3-4-16-22(19)34-14(2)10-32-23(16)28-29-30-32/h3-5,8-9,11-12,14-15H,6-7,10H2,1-2H3,(H,27,33)/t14-/m1/s1. The first-order chi connectivity index (χ1) is 16.5. The third kappa shape index (κ3) is 3.51. The van der Waals surface area contributed by atoms with Crippen molar-refractivity contribution in [2.24, 2.45) is 0 Å². The van der Waals surface area contributed by atoms with E-state index in [0.717, 1.165) is 18.5 Å². The first-order valence-electron chi connectivity index (χ1n) is 11.2. The van der Waals surface area contributed by atoms with Crippen LogP contribution in [0, 0.1) is 12.7 Å². The van der Waals surface area contributed by atoms with Crippen molar-refractivity contribution in [2.75, 3.05) is 5.32 Å². The average Bonchev–Trinajstić information content (AvgIpc) is 3.40. The number of carbonyl (C=O) groups is 1. The van der Waals surface area contributed by atoms with E-state index in [-0.39, 0.29) is 11.7 Å². The Bertz CT molecular complexity index is 1420. The van der Waals surface area contributed by atoms with Crippen molar-refractivity contribution in [3.63, 3.8) is 0 Å². The van der Waals surface area contributed by atoms with Gasteiger partial charge in [-0.25, -0.2) is 14.1 Å². The predicted octanol–water partition coefficient (Wildman–Crippen LogP) is 3.88. The number of benzene rings is 2. The lowest BCUT2D eigenvalue weighted by Gasteiger charge is -2.17. The maximum Gasteiger partial charge on any atom is 0.258 e. The van der Waals surface area contributed by atoms with E-state index in [1.165, 1.54) is 6.07 Å². The number of rotatable bonds is 4. The monoisotopic (exact) mass is 459 g/mol. The number of hydrogen-bond donors (Lipinski definition) is 1. The van der Waals surface area contributed by atoms with Crippen molar-refractivity contribution >= 4 is 11.6 Å². The molecule has 6 rings (SSSR count). The lowest BCUT2D eigenvalue weighted by Crippen LogP contribution is -2.20. The van der Waals surface area contributed by atoms with Crippen molar-refractivity contribution in [3.8, 4) is 22.8 Å². The van der Waals surface area contributed by atoms with Crippen LogP contribution in [0.1, 0.15) is 47.3 Å². The van der Waals surface area contributed by atoms with Crippen LogP contribution in [0.5, 0.6) is 5.75 Å². The second kappa shape index (κ2) is 7.75. The summed E-state index contributed by atoms with van der Waals surface area (Å²) in [7, 11) is 0. The third-order valence-corrected chi connectivity index (χ3v) is 6.19. The number of imidazole rings is 1. The molecule has 2 aliphatic rings. The maximum absolute atomic E-state index is 14.9. The maximum atomic E-state index is 14.9. The molecule has 0 radical (unpaired) electrons. The van der Waals surface area contributed by atoms with Gasteiger partial charge in [-0.05, 0) is 66.9 Å². The van der Waals surface area contributed by atoms with Gasteiger partial charge in [-0.15, -0.1) is 5.10 Å². The van der Waals surface area contributed by atoms with Gasteiger partial charge in [-0.1, -0.05) is 6.07 Å². The fourth-order valence-electron chi connectivity index (χ4n) is 4.30. The highest BCUT2D eigenvalue weighted by Gasteiger charge is 2.27. The molecule has 1 aliphatic heterocycles. The zero-order chi connectivity index (χ0) is 23.4. The largest absolute Gasteiger partial charge is 0.486 e. The molecule has 0 bridgehead atoms. The van der Waals surface area contributed by atoms with Crippen molar-refractivity contribution in [3.05, 3.63) is 65.5 Å². The number of hydrogen-bond acceptors (Lipinski definition) is 6. The lowest BCUT2D eigenvalue weighted by molar-refractivity contribution is 0.102. The first-order valence-corrected chi connectivity index (χ1v) is 11.2. The summed E-state index contributed by atoms with van der Waals surface area (Å²) < 4.78 is 24.5. The van der Waals surface area contributed by atoms with Crippen molar-refractivity contribution in [1.82, 2.24) is 29.8 Å². The van der Waals surface area contributed by atoms with Gasteiger partial charge in [0, 0.05) is 12.1 Å². The average molecular weight is 459 g/mol. The molecular formula is C24H22FN7O2. The van der Waals surface area contributed by atoms with Crippen LogP contribution in [-0.4, -0.2) is 41.8 Å². The van der Waals surface area contributed by atoms with Gasteiger partial charge in [0.15, 0.2) is 11.6 Å². The molecule has 0 spiro atoms. The third-order valence-electron chi connectivity index (χ3n) is 6.19. The zero-order valence-corrected chi connectivity index (χ0v) is 18.7. The molecule has 1 atom stereocenters. The number of carbonyl (C=O) groups excluding carboxylic acids is 1. The molecule has 3 heterocycles. The number of para-hydroxylation sites is 1. The van der Waals surface area contributed by atoms with Crippen LogP contribution in [0.2, 0.25) is 0 Å². The molecule has 34 heavy (non-hydrogen) atoms. The van der Waals surface area contributed by atoms with Crippen LogP contribution in [0.4, 0.5) is 10.1 Å². The van der Waals surface area contributed by atoms with E-state index in [0.29, 0.717) is 46.5 Å². The highest BCUT2D eigenvalue weighted by Crippen LogP contribution is 2.40. The molecule has 1 N–H and O–H groups in total. The molecule has 1 aliphatic carbocycles. The molecule has 1 amide bonds. The van der Waals surface area contributed by atoms with E-state index in [4.69, 9.17) is 4.74 Å². The number of aromatic nitrogens is 6. The van der Waals surface area contributed by atoms with Gasteiger partial charge < -0.3 is 14.6 Å². The summed E-state index contributed by atoms with van der Waals surface area (Å²) in [6, 6.07) is 8.25. The minimum Gasteiger partial charge on any atom is -0.486 e. The number of nitrogens with zero attached hydrogens (tertiary/aromatic N) is 6. The molecule has 0 saturated heterocycles. The number of tetrazole rings is 1. The summed E-state index contributed by atoms with van der Waals surface area (Å²) in [5, 5.41) is 14.7. The quantitative estimate of drug-likeness (QED) is 0.497. The summed E-state index contributed by atoms with van der Waals surface area (Å²) in [5.41, 5.74) is 3.46. The fourth-order valence-corrected chi connectivity index (χ4v) is 4.30. The highest BCUT2D eigenvalue weighted by molar-refractivity contribution is 6.06. The van der Waals surface area contributed by atoms with E-state index in [1.54, 1.807) is 29.2 Å². The zero-order valence-electron chi connectivity index (χ0n) is 18.7. The number of fused-ring (bicyclic) bond motifs is 3. The smallest absolute Gasteiger partial charge is 0.258 e. The van der Waals surface area contributed by atoms with E-state index in [1.807, 2.05) is 30.7 Å². The molecule has 0 unspecified atom stereocenters. The molecule has 4 aromatic rings. The Morgan fingerprint density at radius 3 is 2.94 bits per heavy atom. The topological polar surface area (TPSA) is 99.7 Å². The van der Waals surface area contributed by atoms with Crippen LogP contribution in [0.25, 0.3) is 17.1 Å². The van der Waals surface area contributed by atoms with Gasteiger partial charge in [-0.3, -0.25) is 4.79 Å². The summed E-state index contributed by atoms with van der Waals surface area (Å²) in [6.07, 6.45) is 5.72. The number of aryl methyl sites for hydroxylation is 1. The molecule has 1 fully saturated rings. The Kier molecular flexibility index (Phi) is 4.68. The number of ether oxygens (including phenoxy) is 1. The van der Waals surface area contributed by atoms with E-state index < -0.39 is 11.7 Å². The van der Waals surface area contributed by atoms with Crippen LogP contribution < -0.4 is 10.1 Å². The van der Waals surface area contributed by atoms with Crippen LogP contribution in [0.3, 0.4) is 0 Å². The van der Waals surface area contributed by atoms with Crippen molar-refractivity contribution in [1.29, 1.82) is 0 Å². The molecule has 10 heteroatoms. The molecule has 172 valence electrons. The highest BCUT2D eigenvalue weighted by atomic mass is 19.1. The van der Waals surface area contributed by atoms with Gasteiger partial charge in [0.05, 0.1) is 41.1 Å². The Morgan fingerprint density at radius 1 is 1.26 bits per heavy atom.